The summed E-state index contributed by atoms with van der Waals surface area (Å²) in [5.41, 5.74) is 1.90. The van der Waals surface area contributed by atoms with E-state index < -0.39 is 12.1 Å². The first kappa shape index (κ1) is 19.0. The van der Waals surface area contributed by atoms with Crippen molar-refractivity contribution >= 4 is 12.1 Å². The van der Waals surface area contributed by atoms with Gasteiger partial charge in [0, 0.05) is 30.9 Å². The van der Waals surface area contributed by atoms with Crippen LogP contribution in [0.15, 0.2) is 48.8 Å². The van der Waals surface area contributed by atoms with Gasteiger partial charge in [0.15, 0.2) is 0 Å². The molecule has 0 bridgehead atoms. The van der Waals surface area contributed by atoms with Gasteiger partial charge in [-0.3, -0.25) is 4.98 Å². The van der Waals surface area contributed by atoms with E-state index in [0.29, 0.717) is 30.7 Å². The highest BCUT2D eigenvalue weighted by molar-refractivity contribution is 5.89. The number of esters is 1. The topological polar surface area (TPSA) is 77.5 Å². The third-order valence-electron chi connectivity index (χ3n) is 3.21. The Labute approximate surface area is 152 Å². The number of nitrogens with one attached hydrogen (secondary N) is 1. The number of hydrogen-bond donors (Lipinski definition) is 1. The van der Waals surface area contributed by atoms with Crippen molar-refractivity contribution in [3.05, 3.63) is 65.5 Å². The summed E-state index contributed by atoms with van der Waals surface area (Å²) in [4.78, 5) is 27.2. The van der Waals surface area contributed by atoms with Gasteiger partial charge in [-0.25, -0.2) is 9.59 Å². The maximum atomic E-state index is 11.6. The third kappa shape index (κ3) is 6.65. The number of pyridine rings is 1. The minimum absolute atomic E-state index is 0.227. The van der Waals surface area contributed by atoms with Crippen LogP contribution in [-0.4, -0.2) is 30.2 Å². The van der Waals surface area contributed by atoms with E-state index in [2.05, 4.69) is 22.1 Å². The molecular formula is C20H20N2O4. The molecule has 1 N–H and O–H groups in total. The van der Waals surface area contributed by atoms with Crippen molar-refractivity contribution in [1.82, 2.24) is 10.3 Å². The number of nitrogens with zero attached hydrogens (tertiary/aromatic N) is 1. The highest BCUT2D eigenvalue weighted by Crippen LogP contribution is 2.04. The van der Waals surface area contributed by atoms with Crippen molar-refractivity contribution < 1.29 is 19.1 Å². The summed E-state index contributed by atoms with van der Waals surface area (Å²) in [6, 6.07) is 11.1. The third-order valence-corrected chi connectivity index (χ3v) is 3.21. The fourth-order valence-electron chi connectivity index (χ4n) is 2.00. The van der Waals surface area contributed by atoms with Crippen LogP contribution in [0.4, 0.5) is 4.79 Å². The number of amides is 1. The van der Waals surface area contributed by atoms with E-state index in [9.17, 15) is 9.59 Å². The second kappa shape index (κ2) is 10.5. The number of carbonyl (C=O) groups excluding carboxylic acids is 2. The van der Waals surface area contributed by atoms with Crippen LogP contribution >= 0.6 is 0 Å². The molecule has 2 aromatic rings. The smallest absolute Gasteiger partial charge is 0.407 e. The Balaban J connectivity index is 1.72. The molecule has 0 aliphatic carbocycles. The zero-order chi connectivity index (χ0) is 18.6. The zero-order valence-corrected chi connectivity index (χ0v) is 14.5. The molecule has 2 rings (SSSR count). The molecule has 1 aromatic heterocycles. The van der Waals surface area contributed by atoms with E-state index in [0.717, 1.165) is 5.56 Å². The minimum Gasteiger partial charge on any atom is -0.462 e. The van der Waals surface area contributed by atoms with Gasteiger partial charge in [-0.2, -0.15) is 0 Å². The summed E-state index contributed by atoms with van der Waals surface area (Å²) < 4.78 is 10.0. The second-order valence-electron chi connectivity index (χ2n) is 5.22. The largest absolute Gasteiger partial charge is 0.462 e. The molecule has 134 valence electrons. The predicted molar refractivity (Wildman–Crippen MR) is 96.3 cm³/mol. The summed E-state index contributed by atoms with van der Waals surface area (Å²) >= 11 is 0. The standard InChI is InChI=1S/C20H20N2O4/c1-2-25-19(23)18-12-17(13-21-14-18)10-6-7-11-22-20(24)26-15-16-8-4-3-5-9-16/h3-5,8-9,12-14H,2,7,11,15H2,1H3,(H,22,24). The fraction of sp³-hybridized carbons (Fsp3) is 0.250. The molecule has 0 aliphatic rings. The van der Waals surface area contributed by atoms with E-state index in [1.54, 1.807) is 19.2 Å². The van der Waals surface area contributed by atoms with Crippen molar-refractivity contribution in [2.24, 2.45) is 0 Å². The van der Waals surface area contributed by atoms with Gasteiger partial charge in [-0.1, -0.05) is 42.2 Å². The van der Waals surface area contributed by atoms with Crippen molar-refractivity contribution in [2.45, 2.75) is 20.0 Å². The second-order valence-corrected chi connectivity index (χ2v) is 5.22. The van der Waals surface area contributed by atoms with Gasteiger partial charge >= 0.3 is 12.1 Å². The quantitative estimate of drug-likeness (QED) is 0.491. The van der Waals surface area contributed by atoms with Crippen LogP contribution in [0.3, 0.4) is 0 Å². The van der Waals surface area contributed by atoms with Crippen molar-refractivity contribution in [3.8, 4) is 11.8 Å². The lowest BCUT2D eigenvalue weighted by Gasteiger charge is -2.05. The zero-order valence-electron chi connectivity index (χ0n) is 14.5. The Morgan fingerprint density at radius 1 is 1.15 bits per heavy atom. The number of hydrogen-bond acceptors (Lipinski definition) is 5. The monoisotopic (exact) mass is 352 g/mol. The van der Waals surface area contributed by atoms with Crippen LogP contribution in [0.1, 0.15) is 34.8 Å². The molecule has 0 saturated carbocycles. The average molecular weight is 352 g/mol. The van der Waals surface area contributed by atoms with Crippen molar-refractivity contribution in [2.75, 3.05) is 13.2 Å². The number of rotatable bonds is 6. The highest BCUT2D eigenvalue weighted by Gasteiger charge is 2.06. The average Bonchev–Trinajstić information content (AvgIpc) is 2.67. The van der Waals surface area contributed by atoms with Crippen LogP contribution < -0.4 is 5.32 Å². The maximum absolute atomic E-state index is 11.6. The molecule has 0 aliphatic heterocycles. The first-order chi connectivity index (χ1) is 12.7. The van der Waals surface area contributed by atoms with Gasteiger partial charge in [0.05, 0.1) is 12.2 Å². The lowest BCUT2D eigenvalue weighted by Crippen LogP contribution is -2.24. The first-order valence-corrected chi connectivity index (χ1v) is 8.24. The summed E-state index contributed by atoms with van der Waals surface area (Å²) in [6.07, 6.45) is 2.97. The Bertz CT molecular complexity index is 794. The van der Waals surface area contributed by atoms with Crippen LogP contribution in [0.2, 0.25) is 0 Å². The summed E-state index contributed by atoms with van der Waals surface area (Å²) in [5.74, 6) is 5.39. The van der Waals surface area contributed by atoms with Gasteiger partial charge in [-0.05, 0) is 18.6 Å². The van der Waals surface area contributed by atoms with Crippen molar-refractivity contribution in [3.63, 3.8) is 0 Å². The van der Waals surface area contributed by atoms with Crippen LogP contribution in [0.5, 0.6) is 0 Å². The highest BCUT2D eigenvalue weighted by atomic mass is 16.5. The molecule has 1 heterocycles. The molecule has 0 radical (unpaired) electrons. The molecule has 6 nitrogen and oxygen atoms in total. The van der Waals surface area contributed by atoms with E-state index in [1.807, 2.05) is 30.3 Å². The predicted octanol–water partition coefficient (Wildman–Crippen LogP) is 2.93. The number of ether oxygens (including phenoxy) is 2. The lowest BCUT2D eigenvalue weighted by molar-refractivity contribution is 0.0525. The summed E-state index contributed by atoms with van der Waals surface area (Å²) in [7, 11) is 0. The molecule has 6 heteroatoms. The normalized spacial score (nSPS) is 9.58. The van der Waals surface area contributed by atoms with Crippen LogP contribution in [0.25, 0.3) is 0 Å². The minimum atomic E-state index is -0.485. The SMILES string of the molecule is CCOC(=O)c1cncc(C#CCCNC(=O)OCc2ccccc2)c1. The fourth-order valence-corrected chi connectivity index (χ4v) is 2.00. The molecule has 1 aromatic carbocycles. The Morgan fingerprint density at radius 2 is 1.96 bits per heavy atom. The molecule has 1 amide bonds. The molecule has 0 unspecified atom stereocenters. The molecule has 0 saturated heterocycles. The number of aromatic nitrogens is 1. The lowest BCUT2D eigenvalue weighted by atomic mass is 10.2. The molecule has 26 heavy (non-hydrogen) atoms. The Kier molecular flexibility index (Phi) is 7.69. The first-order valence-electron chi connectivity index (χ1n) is 8.24. The van der Waals surface area contributed by atoms with Crippen LogP contribution in [0, 0.1) is 11.8 Å². The molecule has 0 atom stereocenters. The molecule has 0 spiro atoms. The Morgan fingerprint density at radius 3 is 2.73 bits per heavy atom. The summed E-state index contributed by atoms with van der Waals surface area (Å²) in [5, 5.41) is 2.63. The summed E-state index contributed by atoms with van der Waals surface area (Å²) in [6.45, 7) is 2.64. The molecular weight excluding hydrogens is 332 g/mol. The van der Waals surface area contributed by atoms with Crippen LogP contribution in [-0.2, 0) is 16.1 Å². The van der Waals surface area contributed by atoms with Gasteiger partial charge in [0.2, 0.25) is 0 Å². The molecule has 0 fully saturated rings. The van der Waals surface area contributed by atoms with E-state index in [-0.39, 0.29) is 6.61 Å². The van der Waals surface area contributed by atoms with Gasteiger partial charge < -0.3 is 14.8 Å². The Hall–Kier alpha value is -3.33. The van der Waals surface area contributed by atoms with Gasteiger partial charge in [0.25, 0.3) is 0 Å². The number of benzene rings is 1. The van der Waals surface area contributed by atoms with E-state index in [4.69, 9.17) is 9.47 Å². The van der Waals surface area contributed by atoms with Crippen molar-refractivity contribution in [1.29, 1.82) is 0 Å². The van der Waals surface area contributed by atoms with Gasteiger partial charge in [0.1, 0.15) is 6.61 Å². The van der Waals surface area contributed by atoms with E-state index in [1.165, 1.54) is 6.20 Å². The van der Waals surface area contributed by atoms with E-state index >= 15 is 0 Å². The number of carbonyl (C=O) groups is 2. The number of alkyl carbamates (subject to hydrolysis) is 1. The maximum Gasteiger partial charge on any atom is 0.407 e. The van der Waals surface area contributed by atoms with Gasteiger partial charge in [-0.15, -0.1) is 0 Å².